The number of aryl methyl sites for hydroxylation is 1. The van der Waals surface area contributed by atoms with Crippen LogP contribution in [0.2, 0.25) is 0 Å². The zero-order valence-electron chi connectivity index (χ0n) is 16.0. The van der Waals surface area contributed by atoms with Crippen LogP contribution in [0.3, 0.4) is 0 Å². The first kappa shape index (κ1) is 18.4. The topological polar surface area (TPSA) is 64.0 Å². The van der Waals surface area contributed by atoms with Crippen LogP contribution in [0.4, 0.5) is 0 Å². The second-order valence-corrected chi connectivity index (χ2v) is 8.01. The summed E-state index contributed by atoms with van der Waals surface area (Å²) in [5.74, 6) is -0.232. The summed E-state index contributed by atoms with van der Waals surface area (Å²) in [6.07, 6.45) is 0. The summed E-state index contributed by atoms with van der Waals surface area (Å²) in [6.45, 7) is 5.52. The van der Waals surface area contributed by atoms with Gasteiger partial charge in [-0.3, -0.25) is 9.59 Å². The van der Waals surface area contributed by atoms with Crippen molar-refractivity contribution in [1.82, 2.24) is 15.1 Å². The van der Waals surface area contributed by atoms with E-state index in [9.17, 15) is 9.59 Å². The summed E-state index contributed by atoms with van der Waals surface area (Å²) in [4.78, 5) is 26.0. The summed E-state index contributed by atoms with van der Waals surface area (Å²) in [6, 6.07) is 16.7. The number of carbonyl (C=O) groups is 1. The maximum atomic E-state index is 13.2. The second kappa shape index (κ2) is 7.20. The Labute approximate surface area is 166 Å². The Morgan fingerprint density at radius 2 is 1.75 bits per heavy atom. The van der Waals surface area contributed by atoms with Gasteiger partial charge >= 0.3 is 0 Å². The molecule has 28 heavy (non-hydrogen) atoms. The van der Waals surface area contributed by atoms with Crippen molar-refractivity contribution < 1.29 is 4.79 Å². The molecule has 0 saturated heterocycles. The minimum absolute atomic E-state index is 0.154. The van der Waals surface area contributed by atoms with Gasteiger partial charge in [-0.05, 0) is 32.4 Å². The van der Waals surface area contributed by atoms with Crippen LogP contribution >= 0.6 is 11.3 Å². The number of nitrogens with one attached hydrogen (secondary N) is 1. The number of fused-ring (bicyclic) bond motifs is 3. The predicted molar refractivity (Wildman–Crippen MR) is 114 cm³/mol. The molecule has 2 aromatic carbocycles. The van der Waals surface area contributed by atoms with Gasteiger partial charge in [0.15, 0.2) is 0 Å². The quantitative estimate of drug-likeness (QED) is 0.562. The van der Waals surface area contributed by atoms with Gasteiger partial charge in [-0.2, -0.15) is 5.10 Å². The average Bonchev–Trinajstić information content (AvgIpc) is 3.11. The number of amides is 1. The maximum absolute atomic E-state index is 13.2. The monoisotopic (exact) mass is 391 g/mol. The number of hydrogen-bond acceptors (Lipinski definition) is 4. The highest BCUT2D eigenvalue weighted by Crippen LogP contribution is 2.32. The van der Waals surface area contributed by atoms with E-state index < -0.39 is 6.04 Å². The van der Waals surface area contributed by atoms with Crippen LogP contribution in [0.15, 0.2) is 59.4 Å². The molecule has 4 rings (SSSR count). The molecule has 4 aromatic rings. The van der Waals surface area contributed by atoms with Crippen LogP contribution < -0.4 is 10.9 Å². The minimum atomic E-state index is -0.708. The van der Waals surface area contributed by atoms with Gasteiger partial charge in [-0.15, -0.1) is 11.3 Å². The molecule has 0 aliphatic heterocycles. The van der Waals surface area contributed by atoms with Crippen LogP contribution in [0, 0.1) is 6.92 Å². The lowest BCUT2D eigenvalue weighted by atomic mass is 10.1. The minimum Gasteiger partial charge on any atom is -0.348 e. The number of hydrogen-bond donors (Lipinski definition) is 1. The third-order valence-corrected chi connectivity index (χ3v) is 6.29. The van der Waals surface area contributed by atoms with Crippen LogP contribution in [0.1, 0.15) is 37.2 Å². The zero-order chi connectivity index (χ0) is 19.8. The van der Waals surface area contributed by atoms with Gasteiger partial charge in [0.25, 0.3) is 5.56 Å². The van der Waals surface area contributed by atoms with E-state index in [1.165, 1.54) is 4.68 Å². The van der Waals surface area contributed by atoms with E-state index in [0.717, 1.165) is 26.0 Å². The van der Waals surface area contributed by atoms with Crippen molar-refractivity contribution in [3.8, 4) is 0 Å². The normalized spacial score (nSPS) is 13.5. The molecular weight excluding hydrogens is 370 g/mol. The van der Waals surface area contributed by atoms with Crippen LogP contribution in [-0.4, -0.2) is 15.7 Å². The lowest BCUT2D eigenvalue weighted by molar-refractivity contribution is -0.124. The van der Waals surface area contributed by atoms with E-state index in [4.69, 9.17) is 0 Å². The molecule has 142 valence electrons. The van der Waals surface area contributed by atoms with Crippen molar-refractivity contribution in [2.75, 3.05) is 0 Å². The Balaban J connectivity index is 1.72. The van der Waals surface area contributed by atoms with E-state index >= 15 is 0 Å². The van der Waals surface area contributed by atoms with E-state index in [-0.39, 0.29) is 17.5 Å². The fraction of sp³-hybridized carbons (Fsp3) is 0.227. The summed E-state index contributed by atoms with van der Waals surface area (Å²) < 4.78 is 3.24. The average molecular weight is 391 g/mol. The molecule has 1 N–H and O–H groups in total. The summed E-state index contributed by atoms with van der Waals surface area (Å²) in [7, 11) is 0. The number of thiophene rings is 1. The number of nitrogens with zero attached hydrogens (tertiary/aromatic N) is 2. The van der Waals surface area contributed by atoms with Crippen molar-refractivity contribution >= 4 is 37.4 Å². The molecule has 0 radical (unpaired) electrons. The molecule has 0 aliphatic rings. The van der Waals surface area contributed by atoms with Crippen molar-refractivity contribution in [2.24, 2.45) is 0 Å². The Kier molecular flexibility index (Phi) is 4.73. The molecule has 2 heterocycles. The van der Waals surface area contributed by atoms with E-state index in [2.05, 4.69) is 10.4 Å². The van der Waals surface area contributed by atoms with E-state index in [1.54, 1.807) is 18.3 Å². The SMILES string of the molecule is Cc1nn([C@@H](C)C(=O)N[C@@H](C)c2ccccc2)c(=O)c2c1sc1ccccc12. The third kappa shape index (κ3) is 3.10. The van der Waals surface area contributed by atoms with Crippen molar-refractivity contribution in [3.05, 3.63) is 76.2 Å². The lowest BCUT2D eigenvalue weighted by Gasteiger charge is -2.19. The Hall–Kier alpha value is -2.99. The van der Waals surface area contributed by atoms with Crippen LogP contribution in [0.5, 0.6) is 0 Å². The largest absolute Gasteiger partial charge is 0.348 e. The zero-order valence-corrected chi connectivity index (χ0v) is 16.8. The number of carbonyl (C=O) groups excluding carboxylic acids is 1. The highest BCUT2D eigenvalue weighted by molar-refractivity contribution is 7.26. The lowest BCUT2D eigenvalue weighted by Crippen LogP contribution is -2.38. The van der Waals surface area contributed by atoms with Gasteiger partial charge in [-0.1, -0.05) is 48.5 Å². The Morgan fingerprint density at radius 3 is 2.50 bits per heavy atom. The number of aromatic nitrogens is 2. The van der Waals surface area contributed by atoms with Gasteiger partial charge in [0.1, 0.15) is 6.04 Å². The molecule has 1 amide bonds. The molecule has 0 aliphatic carbocycles. The maximum Gasteiger partial charge on any atom is 0.276 e. The highest BCUT2D eigenvalue weighted by Gasteiger charge is 2.23. The molecule has 2 aromatic heterocycles. The Morgan fingerprint density at radius 1 is 1.07 bits per heavy atom. The molecule has 0 bridgehead atoms. The van der Waals surface area contributed by atoms with Crippen molar-refractivity contribution in [2.45, 2.75) is 32.9 Å². The first-order valence-electron chi connectivity index (χ1n) is 9.23. The molecule has 0 saturated carbocycles. The summed E-state index contributed by atoms with van der Waals surface area (Å²) in [5.41, 5.74) is 1.54. The smallest absolute Gasteiger partial charge is 0.276 e. The standard InChI is InChI=1S/C22H21N3O2S/c1-13(16-9-5-4-6-10-16)23-21(26)15(3)25-22(27)19-17-11-7-8-12-18(17)28-20(19)14(2)24-25/h4-13,15H,1-3H3,(H,23,26)/t13-,15-/m0/s1. The van der Waals surface area contributed by atoms with Crippen LogP contribution in [-0.2, 0) is 4.79 Å². The van der Waals surface area contributed by atoms with Gasteiger partial charge in [0, 0.05) is 10.1 Å². The molecular formula is C22H21N3O2S. The van der Waals surface area contributed by atoms with Crippen molar-refractivity contribution in [1.29, 1.82) is 0 Å². The fourth-order valence-corrected chi connectivity index (χ4v) is 4.55. The van der Waals surface area contributed by atoms with Gasteiger partial charge in [0.05, 0.1) is 21.8 Å². The molecule has 2 atom stereocenters. The first-order valence-corrected chi connectivity index (χ1v) is 10.0. The Bertz CT molecular complexity index is 1230. The summed E-state index contributed by atoms with van der Waals surface area (Å²) in [5, 5.41) is 8.99. The first-order chi connectivity index (χ1) is 13.5. The molecule has 5 nitrogen and oxygen atoms in total. The van der Waals surface area contributed by atoms with E-state index in [1.807, 2.05) is 68.4 Å². The summed E-state index contributed by atoms with van der Waals surface area (Å²) >= 11 is 1.56. The predicted octanol–water partition coefficient (Wildman–Crippen LogP) is 4.36. The molecule has 0 fully saturated rings. The molecule has 6 heteroatoms. The molecule has 0 spiro atoms. The highest BCUT2D eigenvalue weighted by atomic mass is 32.1. The third-order valence-electron chi connectivity index (χ3n) is 5.01. The fourth-order valence-electron chi connectivity index (χ4n) is 3.41. The van der Waals surface area contributed by atoms with Gasteiger partial charge in [0.2, 0.25) is 5.91 Å². The van der Waals surface area contributed by atoms with E-state index in [0.29, 0.717) is 5.39 Å². The van der Waals surface area contributed by atoms with Crippen LogP contribution in [0.25, 0.3) is 20.2 Å². The number of rotatable bonds is 4. The van der Waals surface area contributed by atoms with Gasteiger partial charge < -0.3 is 5.32 Å². The number of benzene rings is 2. The van der Waals surface area contributed by atoms with Gasteiger partial charge in [-0.25, -0.2) is 4.68 Å². The van der Waals surface area contributed by atoms with Crippen molar-refractivity contribution in [3.63, 3.8) is 0 Å². The molecule has 0 unspecified atom stereocenters. The second-order valence-electron chi connectivity index (χ2n) is 6.95.